The van der Waals surface area contributed by atoms with E-state index in [0.717, 1.165) is 50.6 Å². The fourth-order valence-electron chi connectivity index (χ4n) is 5.07. The van der Waals surface area contributed by atoms with Gasteiger partial charge in [0.15, 0.2) is 0 Å². The molecular formula is C23H33Cl2N3O4. The number of halogens is 2. The number of carbonyl (C=O) groups excluding carboxylic acids is 2. The quantitative estimate of drug-likeness (QED) is 0.472. The Morgan fingerprint density at radius 1 is 1.03 bits per heavy atom. The maximum atomic E-state index is 12.7. The number of amides is 2. The monoisotopic (exact) mass is 485 g/mol. The van der Waals surface area contributed by atoms with Crippen LogP contribution in [0.4, 0.5) is 5.69 Å². The first kappa shape index (κ1) is 25.1. The van der Waals surface area contributed by atoms with Gasteiger partial charge in [0.25, 0.3) is 0 Å². The van der Waals surface area contributed by atoms with Crippen LogP contribution in [0, 0.1) is 11.8 Å². The molecule has 2 heterocycles. The first-order valence-electron chi connectivity index (χ1n) is 11.4. The van der Waals surface area contributed by atoms with Gasteiger partial charge in [-0.15, -0.1) is 24.0 Å². The molecule has 32 heavy (non-hydrogen) atoms. The minimum atomic E-state index is -0.705. The van der Waals surface area contributed by atoms with Crippen molar-refractivity contribution < 1.29 is 19.4 Å². The summed E-state index contributed by atoms with van der Waals surface area (Å²) in [5.41, 5.74) is 1.14. The molecule has 1 saturated carbocycles. The number of piperazine rings is 1. The topological polar surface area (TPSA) is 73.3 Å². The molecule has 2 saturated heterocycles. The second-order valence-corrected chi connectivity index (χ2v) is 9.24. The van der Waals surface area contributed by atoms with Crippen LogP contribution in [0.1, 0.15) is 26.2 Å². The van der Waals surface area contributed by atoms with Crippen LogP contribution < -0.4 is 9.64 Å². The molecule has 2 aliphatic heterocycles. The molecule has 2 amide bonds. The number of para-hydroxylation sites is 2. The Labute approximate surface area is 201 Å². The van der Waals surface area contributed by atoms with E-state index in [1.807, 2.05) is 25.1 Å². The molecule has 4 atom stereocenters. The van der Waals surface area contributed by atoms with Gasteiger partial charge in [0, 0.05) is 32.7 Å². The van der Waals surface area contributed by atoms with Crippen molar-refractivity contribution in [3.05, 3.63) is 24.3 Å². The van der Waals surface area contributed by atoms with Crippen molar-refractivity contribution in [2.45, 2.75) is 37.7 Å². The third-order valence-electron chi connectivity index (χ3n) is 6.78. The van der Waals surface area contributed by atoms with E-state index in [0.29, 0.717) is 26.0 Å². The highest BCUT2D eigenvalue weighted by atomic mass is 35.5. The van der Waals surface area contributed by atoms with Gasteiger partial charge in [-0.3, -0.25) is 19.4 Å². The van der Waals surface area contributed by atoms with Gasteiger partial charge in [0.1, 0.15) is 5.75 Å². The summed E-state index contributed by atoms with van der Waals surface area (Å²) in [6.07, 6.45) is 0.744. The summed E-state index contributed by atoms with van der Waals surface area (Å²) in [7, 11) is 0. The van der Waals surface area contributed by atoms with Crippen LogP contribution in [0.15, 0.2) is 24.3 Å². The molecule has 0 bridgehead atoms. The SMILES string of the molecule is CCOc1ccccc1N1CCN(CCCN2C(=O)C3CC(O)C(Cl)CC3C2=O)CC1.Cl. The minimum absolute atomic E-state index is 0. The summed E-state index contributed by atoms with van der Waals surface area (Å²) in [6, 6.07) is 8.15. The Kier molecular flexibility index (Phi) is 8.67. The van der Waals surface area contributed by atoms with Crippen molar-refractivity contribution in [3.63, 3.8) is 0 Å². The lowest BCUT2D eigenvalue weighted by atomic mass is 9.79. The van der Waals surface area contributed by atoms with Gasteiger partial charge in [0.2, 0.25) is 11.8 Å². The molecule has 0 spiro atoms. The third kappa shape index (κ3) is 5.16. The number of aliphatic hydroxyl groups excluding tert-OH is 1. The Morgan fingerprint density at radius 2 is 1.69 bits per heavy atom. The molecule has 3 aliphatic rings. The van der Waals surface area contributed by atoms with E-state index < -0.39 is 17.4 Å². The van der Waals surface area contributed by atoms with Gasteiger partial charge in [-0.25, -0.2) is 0 Å². The first-order chi connectivity index (χ1) is 15.0. The van der Waals surface area contributed by atoms with E-state index in [1.165, 1.54) is 4.90 Å². The number of fused-ring (bicyclic) bond motifs is 1. The predicted octanol–water partition coefficient (Wildman–Crippen LogP) is 2.38. The van der Waals surface area contributed by atoms with E-state index >= 15 is 0 Å². The molecule has 1 aromatic rings. The molecule has 0 aromatic heterocycles. The van der Waals surface area contributed by atoms with Gasteiger partial charge < -0.3 is 14.7 Å². The summed E-state index contributed by atoms with van der Waals surface area (Å²) in [5, 5.41) is 9.54. The van der Waals surface area contributed by atoms with Crippen molar-refractivity contribution >= 4 is 41.5 Å². The second-order valence-electron chi connectivity index (χ2n) is 8.68. The standard InChI is InChI=1S/C23H32ClN3O4.ClH/c1-2-31-21-7-4-3-6-19(21)26-12-10-25(11-13-26)8-5-9-27-22(29)16-14-18(24)20(28)15-17(16)23(27)30;/h3-4,6-7,16-18,20,28H,2,5,8-15H2,1H3;1H. The van der Waals surface area contributed by atoms with Crippen LogP contribution in [-0.2, 0) is 9.59 Å². The molecule has 178 valence electrons. The molecule has 1 aliphatic carbocycles. The summed E-state index contributed by atoms with van der Waals surface area (Å²) in [4.78, 5) is 31.5. The number of carbonyl (C=O) groups is 2. The van der Waals surface area contributed by atoms with Gasteiger partial charge in [-0.1, -0.05) is 12.1 Å². The van der Waals surface area contributed by atoms with E-state index in [2.05, 4.69) is 15.9 Å². The summed E-state index contributed by atoms with van der Waals surface area (Å²) < 4.78 is 5.76. The van der Waals surface area contributed by atoms with Crippen molar-refractivity contribution in [1.82, 2.24) is 9.80 Å². The Bertz CT molecular complexity index is 775. The zero-order valence-corrected chi connectivity index (χ0v) is 20.1. The molecular weight excluding hydrogens is 453 g/mol. The van der Waals surface area contributed by atoms with Crippen LogP contribution in [0.2, 0.25) is 0 Å². The van der Waals surface area contributed by atoms with Gasteiger partial charge >= 0.3 is 0 Å². The number of hydrogen-bond acceptors (Lipinski definition) is 6. The lowest BCUT2D eigenvalue weighted by Gasteiger charge is -2.36. The summed E-state index contributed by atoms with van der Waals surface area (Å²) in [5.74, 6) is -0.0612. The third-order valence-corrected chi connectivity index (χ3v) is 7.25. The van der Waals surface area contributed by atoms with E-state index in [1.54, 1.807) is 0 Å². The molecule has 7 nitrogen and oxygen atoms in total. The van der Waals surface area contributed by atoms with Crippen LogP contribution in [-0.4, -0.2) is 84.1 Å². The number of ether oxygens (including phenoxy) is 1. The van der Waals surface area contributed by atoms with E-state index in [4.69, 9.17) is 16.3 Å². The minimum Gasteiger partial charge on any atom is -0.492 e. The van der Waals surface area contributed by atoms with Gasteiger partial charge in [-0.2, -0.15) is 0 Å². The fourth-order valence-corrected chi connectivity index (χ4v) is 5.37. The number of anilines is 1. The number of aliphatic hydroxyl groups is 1. The maximum absolute atomic E-state index is 12.7. The fraction of sp³-hybridized carbons (Fsp3) is 0.652. The number of imide groups is 1. The van der Waals surface area contributed by atoms with Crippen LogP contribution in [0.5, 0.6) is 5.75 Å². The molecule has 3 fully saturated rings. The highest BCUT2D eigenvalue weighted by Gasteiger charge is 2.51. The smallest absolute Gasteiger partial charge is 0.233 e. The predicted molar refractivity (Wildman–Crippen MR) is 127 cm³/mol. The maximum Gasteiger partial charge on any atom is 0.233 e. The second kappa shape index (κ2) is 11.1. The normalized spacial score (nSPS) is 28.5. The summed E-state index contributed by atoms with van der Waals surface area (Å²) in [6.45, 7) is 7.67. The zero-order chi connectivity index (χ0) is 22.0. The average Bonchev–Trinajstić information content (AvgIpc) is 2.99. The highest BCUT2D eigenvalue weighted by molar-refractivity contribution is 6.21. The highest BCUT2D eigenvalue weighted by Crippen LogP contribution is 2.40. The van der Waals surface area contributed by atoms with Crippen molar-refractivity contribution in [1.29, 1.82) is 0 Å². The molecule has 9 heteroatoms. The number of likely N-dealkylation sites (tertiary alicyclic amines) is 1. The number of alkyl halides is 1. The van der Waals surface area contributed by atoms with Gasteiger partial charge in [0.05, 0.1) is 35.6 Å². The lowest BCUT2D eigenvalue weighted by molar-refractivity contribution is -0.140. The zero-order valence-electron chi connectivity index (χ0n) is 18.5. The Balaban J connectivity index is 0.00000289. The number of rotatable bonds is 7. The number of benzene rings is 1. The Hall–Kier alpha value is -1.54. The van der Waals surface area contributed by atoms with E-state index in [9.17, 15) is 14.7 Å². The lowest BCUT2D eigenvalue weighted by Crippen LogP contribution is -2.47. The van der Waals surface area contributed by atoms with Crippen molar-refractivity contribution in [3.8, 4) is 5.75 Å². The molecule has 0 radical (unpaired) electrons. The molecule has 1 N–H and O–H groups in total. The molecule has 4 unspecified atom stereocenters. The Morgan fingerprint density at radius 3 is 2.38 bits per heavy atom. The average molecular weight is 486 g/mol. The first-order valence-corrected chi connectivity index (χ1v) is 11.8. The molecule has 4 rings (SSSR count). The van der Waals surface area contributed by atoms with Gasteiger partial charge in [-0.05, 0) is 44.9 Å². The number of hydrogen-bond donors (Lipinski definition) is 1. The molecule has 1 aromatic carbocycles. The van der Waals surface area contributed by atoms with Crippen LogP contribution in [0.25, 0.3) is 0 Å². The van der Waals surface area contributed by atoms with Crippen molar-refractivity contribution in [2.24, 2.45) is 11.8 Å². The van der Waals surface area contributed by atoms with Crippen LogP contribution in [0.3, 0.4) is 0 Å². The van der Waals surface area contributed by atoms with Crippen LogP contribution >= 0.6 is 24.0 Å². The largest absolute Gasteiger partial charge is 0.492 e. The number of nitrogens with zero attached hydrogens (tertiary/aromatic N) is 3. The summed E-state index contributed by atoms with van der Waals surface area (Å²) >= 11 is 6.13. The van der Waals surface area contributed by atoms with Crippen molar-refractivity contribution in [2.75, 3.05) is 50.8 Å². The van der Waals surface area contributed by atoms with E-state index in [-0.39, 0.29) is 30.1 Å².